The van der Waals surface area contributed by atoms with E-state index >= 15 is 0 Å². The van der Waals surface area contributed by atoms with E-state index in [0.717, 1.165) is 22.6 Å². The number of methoxy groups -OCH3 is 1. The highest BCUT2D eigenvalue weighted by Crippen LogP contribution is 2.35. The molecule has 0 saturated carbocycles. The molecule has 3 rings (SSSR count). The first kappa shape index (κ1) is 15.3. The zero-order chi connectivity index (χ0) is 16.4. The Balaban J connectivity index is 2.20. The molecule has 0 radical (unpaired) electrons. The van der Waals surface area contributed by atoms with Crippen LogP contribution in [-0.2, 0) is 0 Å². The van der Waals surface area contributed by atoms with Crippen LogP contribution in [0.3, 0.4) is 0 Å². The Morgan fingerprint density at radius 2 is 1.57 bits per heavy atom. The summed E-state index contributed by atoms with van der Waals surface area (Å²) in [6, 6.07) is 18.9. The highest BCUT2D eigenvalue weighted by atomic mass is 16.5. The number of benzene rings is 2. The summed E-state index contributed by atoms with van der Waals surface area (Å²) in [5.41, 5.74) is 5.70. The van der Waals surface area contributed by atoms with Gasteiger partial charge >= 0.3 is 0 Å². The first-order valence-electron chi connectivity index (χ1n) is 7.90. The Morgan fingerprint density at radius 3 is 2.13 bits per heavy atom. The molecule has 118 valence electrons. The van der Waals surface area contributed by atoms with Crippen LogP contribution in [0.5, 0.6) is 5.75 Å². The van der Waals surface area contributed by atoms with E-state index in [1.54, 1.807) is 7.11 Å². The van der Waals surface area contributed by atoms with Crippen molar-refractivity contribution in [3.8, 4) is 28.1 Å². The number of aromatic nitrogens is 2. The van der Waals surface area contributed by atoms with E-state index in [9.17, 15) is 0 Å². The van der Waals surface area contributed by atoms with E-state index in [-0.39, 0.29) is 0 Å². The maximum Gasteiger partial charge on any atom is 0.118 e. The van der Waals surface area contributed by atoms with Crippen LogP contribution < -0.4 is 4.74 Å². The maximum atomic E-state index is 5.27. The van der Waals surface area contributed by atoms with Gasteiger partial charge in [0.25, 0.3) is 0 Å². The molecule has 0 bridgehead atoms. The zero-order valence-corrected chi connectivity index (χ0v) is 14.1. The second kappa shape index (κ2) is 6.29. The Labute approximate surface area is 137 Å². The number of nitrogens with zero attached hydrogens (tertiary/aromatic N) is 2. The largest absolute Gasteiger partial charge is 0.497 e. The van der Waals surface area contributed by atoms with Gasteiger partial charge in [0.05, 0.1) is 7.11 Å². The fourth-order valence-corrected chi connectivity index (χ4v) is 2.92. The van der Waals surface area contributed by atoms with Crippen molar-refractivity contribution in [2.24, 2.45) is 0 Å². The fraction of sp³-hybridized carbons (Fsp3) is 0.250. The standard InChI is InChI=1S/C20H22N2O/c1-14(2)22-15(3)19(16-10-12-18(23-4)13-11-16)20(21-22)17-8-6-5-7-9-17/h5-14H,1-4H3. The van der Waals surface area contributed by atoms with Crippen LogP contribution in [0.25, 0.3) is 22.4 Å². The Bertz CT molecular complexity index is 787. The van der Waals surface area contributed by atoms with E-state index in [2.05, 4.69) is 61.9 Å². The first-order chi connectivity index (χ1) is 11.1. The lowest BCUT2D eigenvalue weighted by Crippen LogP contribution is -2.04. The molecule has 2 aromatic carbocycles. The van der Waals surface area contributed by atoms with Crippen molar-refractivity contribution in [3.63, 3.8) is 0 Å². The Kier molecular flexibility index (Phi) is 4.20. The average molecular weight is 306 g/mol. The van der Waals surface area contributed by atoms with E-state index < -0.39 is 0 Å². The molecule has 0 aliphatic heterocycles. The molecule has 3 aromatic rings. The van der Waals surface area contributed by atoms with Crippen molar-refractivity contribution in [2.45, 2.75) is 26.8 Å². The van der Waals surface area contributed by atoms with Gasteiger partial charge in [-0.3, -0.25) is 4.68 Å². The molecule has 23 heavy (non-hydrogen) atoms. The molecule has 0 N–H and O–H groups in total. The summed E-state index contributed by atoms with van der Waals surface area (Å²) in [5, 5.41) is 4.88. The normalized spacial score (nSPS) is 11.0. The fourth-order valence-electron chi connectivity index (χ4n) is 2.92. The van der Waals surface area contributed by atoms with Gasteiger partial charge in [0.2, 0.25) is 0 Å². The van der Waals surface area contributed by atoms with E-state index in [1.807, 2.05) is 18.2 Å². The second-order valence-corrected chi connectivity index (χ2v) is 5.94. The van der Waals surface area contributed by atoms with Crippen LogP contribution >= 0.6 is 0 Å². The van der Waals surface area contributed by atoms with Crippen molar-refractivity contribution in [2.75, 3.05) is 7.11 Å². The summed E-state index contributed by atoms with van der Waals surface area (Å²) < 4.78 is 7.37. The molecule has 0 atom stereocenters. The van der Waals surface area contributed by atoms with E-state index in [0.29, 0.717) is 6.04 Å². The molecule has 0 unspecified atom stereocenters. The predicted molar refractivity (Wildman–Crippen MR) is 94.8 cm³/mol. The van der Waals surface area contributed by atoms with Crippen LogP contribution in [0.4, 0.5) is 0 Å². The Hall–Kier alpha value is -2.55. The molecule has 1 heterocycles. The molecule has 0 saturated heterocycles. The average Bonchev–Trinajstić information content (AvgIpc) is 2.93. The third-order valence-electron chi connectivity index (χ3n) is 4.07. The highest BCUT2D eigenvalue weighted by molar-refractivity contribution is 5.82. The lowest BCUT2D eigenvalue weighted by molar-refractivity contribution is 0.415. The quantitative estimate of drug-likeness (QED) is 0.669. The third kappa shape index (κ3) is 2.87. The lowest BCUT2D eigenvalue weighted by Gasteiger charge is -2.09. The van der Waals surface area contributed by atoms with Crippen LogP contribution in [-0.4, -0.2) is 16.9 Å². The predicted octanol–water partition coefficient (Wildman–Crippen LogP) is 5.12. The summed E-state index contributed by atoms with van der Waals surface area (Å²) in [4.78, 5) is 0. The SMILES string of the molecule is COc1ccc(-c2c(-c3ccccc3)nn(C(C)C)c2C)cc1. The van der Waals surface area contributed by atoms with Crippen molar-refractivity contribution < 1.29 is 4.74 Å². The van der Waals surface area contributed by atoms with Crippen molar-refractivity contribution in [1.29, 1.82) is 0 Å². The molecule has 0 spiro atoms. The minimum Gasteiger partial charge on any atom is -0.497 e. The summed E-state index contributed by atoms with van der Waals surface area (Å²) in [5.74, 6) is 0.865. The monoisotopic (exact) mass is 306 g/mol. The van der Waals surface area contributed by atoms with Gasteiger partial charge in [-0.25, -0.2) is 0 Å². The third-order valence-corrected chi connectivity index (χ3v) is 4.07. The van der Waals surface area contributed by atoms with Gasteiger partial charge in [-0.15, -0.1) is 0 Å². The smallest absolute Gasteiger partial charge is 0.118 e. The highest BCUT2D eigenvalue weighted by Gasteiger charge is 2.19. The van der Waals surface area contributed by atoms with Crippen molar-refractivity contribution in [3.05, 3.63) is 60.3 Å². The molecule has 1 aromatic heterocycles. The number of ether oxygens (including phenoxy) is 1. The van der Waals surface area contributed by atoms with Gasteiger partial charge in [-0.05, 0) is 38.5 Å². The molecule has 3 nitrogen and oxygen atoms in total. The van der Waals surface area contributed by atoms with Gasteiger partial charge < -0.3 is 4.74 Å². The van der Waals surface area contributed by atoms with Crippen molar-refractivity contribution in [1.82, 2.24) is 9.78 Å². The van der Waals surface area contributed by atoms with Crippen LogP contribution in [0.15, 0.2) is 54.6 Å². The van der Waals surface area contributed by atoms with Crippen LogP contribution in [0, 0.1) is 6.92 Å². The summed E-state index contributed by atoms with van der Waals surface area (Å²) in [7, 11) is 1.69. The molecule has 0 amide bonds. The molecule has 0 aliphatic carbocycles. The van der Waals surface area contributed by atoms with E-state index in [4.69, 9.17) is 9.84 Å². The first-order valence-corrected chi connectivity index (χ1v) is 7.90. The second-order valence-electron chi connectivity index (χ2n) is 5.94. The Morgan fingerprint density at radius 1 is 0.913 bits per heavy atom. The topological polar surface area (TPSA) is 27.1 Å². The maximum absolute atomic E-state index is 5.27. The molecule has 0 fully saturated rings. The molecular weight excluding hydrogens is 284 g/mol. The van der Waals surface area contributed by atoms with Gasteiger partial charge in [0, 0.05) is 22.9 Å². The number of rotatable bonds is 4. The molecule has 3 heteroatoms. The van der Waals surface area contributed by atoms with Crippen LogP contribution in [0.2, 0.25) is 0 Å². The minimum atomic E-state index is 0.324. The van der Waals surface area contributed by atoms with Crippen LogP contribution in [0.1, 0.15) is 25.6 Å². The zero-order valence-electron chi connectivity index (χ0n) is 14.1. The van der Waals surface area contributed by atoms with Gasteiger partial charge in [0.1, 0.15) is 11.4 Å². The number of hydrogen-bond donors (Lipinski definition) is 0. The molecular formula is C20H22N2O. The summed E-state index contributed by atoms with van der Waals surface area (Å²) >= 11 is 0. The lowest BCUT2D eigenvalue weighted by atomic mass is 9.99. The van der Waals surface area contributed by atoms with E-state index in [1.165, 1.54) is 11.3 Å². The molecule has 0 aliphatic rings. The summed E-state index contributed by atoms with van der Waals surface area (Å²) in [6.07, 6.45) is 0. The van der Waals surface area contributed by atoms with Gasteiger partial charge in [0.15, 0.2) is 0 Å². The minimum absolute atomic E-state index is 0.324. The van der Waals surface area contributed by atoms with Gasteiger partial charge in [-0.2, -0.15) is 5.10 Å². The number of hydrogen-bond acceptors (Lipinski definition) is 2. The summed E-state index contributed by atoms with van der Waals surface area (Å²) in [6.45, 7) is 6.46. The van der Waals surface area contributed by atoms with Crippen molar-refractivity contribution >= 4 is 0 Å². The van der Waals surface area contributed by atoms with Gasteiger partial charge in [-0.1, -0.05) is 42.5 Å².